The number of carbonyl (C=O) groups is 1. The van der Waals surface area contributed by atoms with Gasteiger partial charge in [0.1, 0.15) is 13.1 Å². The highest BCUT2D eigenvalue weighted by molar-refractivity contribution is 5.75. The normalized spacial score (nSPS) is 17.5. The van der Waals surface area contributed by atoms with Crippen LogP contribution in [0.1, 0.15) is 17.9 Å². The molecule has 1 saturated heterocycles. The zero-order chi connectivity index (χ0) is 12.8. The number of nitrogens with one attached hydrogen (secondary N) is 1. The van der Waals surface area contributed by atoms with Gasteiger partial charge >= 0.3 is 5.97 Å². The highest BCUT2D eigenvalue weighted by Gasteiger charge is 2.22. The molecule has 1 aromatic carbocycles. The zero-order valence-corrected chi connectivity index (χ0v) is 11.6. The highest BCUT2D eigenvalue weighted by atomic mass is 35.5. The Morgan fingerprint density at radius 3 is 2.47 bits per heavy atom. The molecule has 0 aromatic heterocycles. The topological polar surface area (TPSA) is 51.0 Å². The van der Waals surface area contributed by atoms with Crippen molar-refractivity contribution in [2.75, 3.05) is 32.8 Å². The first kappa shape index (κ1) is 16.0. The van der Waals surface area contributed by atoms with Gasteiger partial charge in [-0.2, -0.15) is 0 Å². The number of aliphatic carboxylic acids is 1. The van der Waals surface area contributed by atoms with Gasteiger partial charge in [0.15, 0.2) is 0 Å². The first-order valence-corrected chi connectivity index (χ1v) is 6.46. The molecule has 1 fully saturated rings. The summed E-state index contributed by atoms with van der Waals surface area (Å²) in [5.41, 5.74) is 0.901. The van der Waals surface area contributed by atoms with Gasteiger partial charge in [-0.05, 0) is 5.56 Å². The summed E-state index contributed by atoms with van der Waals surface area (Å²) in [6, 6.07) is 9.50. The van der Waals surface area contributed by atoms with Gasteiger partial charge in [-0.1, -0.05) is 30.3 Å². The Labute approximate surface area is 119 Å². The number of morpholine rings is 1. The van der Waals surface area contributed by atoms with E-state index in [-0.39, 0.29) is 18.3 Å². The van der Waals surface area contributed by atoms with E-state index >= 15 is 0 Å². The second-order valence-electron chi connectivity index (χ2n) is 4.70. The second-order valence-corrected chi connectivity index (χ2v) is 4.70. The van der Waals surface area contributed by atoms with Crippen molar-refractivity contribution < 1.29 is 31.9 Å². The Bertz CT molecular complexity index is 380. The summed E-state index contributed by atoms with van der Waals surface area (Å²) in [6.07, 6.45) is 0.689. The Balaban J connectivity index is 0.00000180. The maximum absolute atomic E-state index is 11.3. The molecule has 2 rings (SSSR count). The van der Waals surface area contributed by atoms with E-state index in [2.05, 4.69) is 0 Å². The average Bonchev–Trinajstić information content (AvgIpc) is 2.41. The third-order valence-corrected chi connectivity index (χ3v) is 3.49. The molecule has 1 atom stereocenters. The molecular weight excluding hydrogens is 266 g/mol. The zero-order valence-electron chi connectivity index (χ0n) is 10.8. The average molecular weight is 286 g/mol. The SMILES string of the molecule is O=C(O)C(CC[NH+]1CCOCC1)c1ccccc1.[Cl-]. The third-order valence-electron chi connectivity index (χ3n) is 3.49. The fraction of sp³-hybridized carbons (Fsp3) is 0.500. The molecule has 0 radical (unpaired) electrons. The Morgan fingerprint density at radius 2 is 1.89 bits per heavy atom. The van der Waals surface area contributed by atoms with Crippen molar-refractivity contribution in [3.05, 3.63) is 35.9 Å². The maximum atomic E-state index is 11.3. The predicted molar refractivity (Wildman–Crippen MR) is 67.8 cm³/mol. The standard InChI is InChI=1S/C14H19NO3.ClH/c16-14(17)13(12-4-2-1-3-5-12)6-7-15-8-10-18-11-9-15;/h1-5,13H,6-11H2,(H,16,17);1H. The molecule has 0 amide bonds. The number of carboxylic acids is 1. The van der Waals surface area contributed by atoms with E-state index in [4.69, 9.17) is 4.74 Å². The minimum absolute atomic E-state index is 0. The van der Waals surface area contributed by atoms with Crippen LogP contribution in [-0.2, 0) is 9.53 Å². The molecule has 106 valence electrons. The van der Waals surface area contributed by atoms with Gasteiger partial charge < -0.3 is 27.2 Å². The van der Waals surface area contributed by atoms with Crippen molar-refractivity contribution in [1.82, 2.24) is 0 Å². The molecule has 1 heterocycles. The number of rotatable bonds is 5. The number of hydrogen-bond acceptors (Lipinski definition) is 2. The van der Waals surface area contributed by atoms with Gasteiger partial charge in [0, 0.05) is 6.42 Å². The van der Waals surface area contributed by atoms with Crippen LogP contribution in [0.5, 0.6) is 0 Å². The van der Waals surface area contributed by atoms with E-state index in [0.29, 0.717) is 6.42 Å². The number of quaternary nitrogens is 1. The maximum Gasteiger partial charge on any atom is 0.311 e. The lowest BCUT2D eigenvalue weighted by Crippen LogP contribution is -3.14. The van der Waals surface area contributed by atoms with Crippen LogP contribution in [-0.4, -0.2) is 43.9 Å². The molecule has 5 heteroatoms. The van der Waals surface area contributed by atoms with E-state index < -0.39 is 5.97 Å². The fourth-order valence-electron chi connectivity index (χ4n) is 2.38. The molecule has 1 aliphatic rings. The summed E-state index contributed by atoms with van der Waals surface area (Å²) in [7, 11) is 0. The minimum atomic E-state index is -0.728. The number of benzene rings is 1. The van der Waals surface area contributed by atoms with E-state index in [1.165, 1.54) is 4.90 Å². The number of hydrogen-bond donors (Lipinski definition) is 2. The first-order valence-electron chi connectivity index (χ1n) is 6.46. The first-order chi connectivity index (χ1) is 8.77. The summed E-state index contributed by atoms with van der Waals surface area (Å²) >= 11 is 0. The summed E-state index contributed by atoms with van der Waals surface area (Å²) in [6.45, 7) is 4.45. The molecule has 0 bridgehead atoms. The van der Waals surface area contributed by atoms with E-state index in [1.807, 2.05) is 30.3 Å². The largest absolute Gasteiger partial charge is 1.00 e. The van der Waals surface area contributed by atoms with Crippen molar-refractivity contribution in [1.29, 1.82) is 0 Å². The lowest BCUT2D eigenvalue weighted by Gasteiger charge is -2.25. The van der Waals surface area contributed by atoms with Gasteiger partial charge in [-0.15, -0.1) is 0 Å². The lowest BCUT2D eigenvalue weighted by atomic mass is 9.95. The Kier molecular flexibility index (Phi) is 6.84. The van der Waals surface area contributed by atoms with Crippen LogP contribution in [0, 0.1) is 0 Å². The van der Waals surface area contributed by atoms with Gasteiger partial charge in [0.25, 0.3) is 0 Å². The number of halogens is 1. The lowest BCUT2D eigenvalue weighted by molar-refractivity contribution is -0.908. The summed E-state index contributed by atoms with van der Waals surface area (Å²) in [5, 5.41) is 9.32. The Hall–Kier alpha value is -1.10. The molecule has 1 aliphatic heterocycles. The summed E-state index contributed by atoms with van der Waals surface area (Å²) in [4.78, 5) is 12.8. The van der Waals surface area contributed by atoms with Crippen LogP contribution in [0.4, 0.5) is 0 Å². The van der Waals surface area contributed by atoms with E-state index in [1.54, 1.807) is 0 Å². The molecule has 0 saturated carbocycles. The van der Waals surface area contributed by atoms with Crippen LogP contribution >= 0.6 is 0 Å². The fourth-order valence-corrected chi connectivity index (χ4v) is 2.38. The highest BCUT2D eigenvalue weighted by Crippen LogP contribution is 2.18. The molecule has 1 aromatic rings. The molecular formula is C14H20ClNO3. The summed E-state index contributed by atoms with van der Waals surface area (Å²) in [5.74, 6) is -1.12. The van der Waals surface area contributed by atoms with Crippen LogP contribution < -0.4 is 17.3 Å². The van der Waals surface area contributed by atoms with Gasteiger partial charge in [0.2, 0.25) is 0 Å². The van der Waals surface area contributed by atoms with Gasteiger partial charge in [-0.25, -0.2) is 0 Å². The smallest absolute Gasteiger partial charge is 0.311 e. The third kappa shape index (κ3) is 4.82. The molecule has 4 nitrogen and oxygen atoms in total. The predicted octanol–water partition coefficient (Wildman–Crippen LogP) is -2.84. The van der Waals surface area contributed by atoms with Crippen molar-refractivity contribution in [2.24, 2.45) is 0 Å². The van der Waals surface area contributed by atoms with E-state index in [9.17, 15) is 9.90 Å². The Morgan fingerprint density at radius 1 is 1.26 bits per heavy atom. The number of carboxylic acid groups (broad SMARTS) is 1. The van der Waals surface area contributed by atoms with Crippen LogP contribution in [0.15, 0.2) is 30.3 Å². The quantitative estimate of drug-likeness (QED) is 0.613. The van der Waals surface area contributed by atoms with Gasteiger partial charge in [-0.3, -0.25) is 4.79 Å². The van der Waals surface area contributed by atoms with Crippen molar-refractivity contribution in [2.45, 2.75) is 12.3 Å². The van der Waals surface area contributed by atoms with Crippen LogP contribution in [0.3, 0.4) is 0 Å². The minimum Gasteiger partial charge on any atom is -1.00 e. The molecule has 2 N–H and O–H groups in total. The monoisotopic (exact) mass is 285 g/mol. The van der Waals surface area contributed by atoms with Crippen molar-refractivity contribution >= 4 is 5.97 Å². The van der Waals surface area contributed by atoms with E-state index in [0.717, 1.165) is 38.4 Å². The number of ether oxygens (including phenoxy) is 1. The molecule has 1 unspecified atom stereocenters. The van der Waals surface area contributed by atoms with Crippen LogP contribution in [0.2, 0.25) is 0 Å². The second kappa shape index (κ2) is 8.15. The van der Waals surface area contributed by atoms with Crippen molar-refractivity contribution in [3.63, 3.8) is 0 Å². The summed E-state index contributed by atoms with van der Waals surface area (Å²) < 4.78 is 5.30. The molecule has 0 aliphatic carbocycles. The van der Waals surface area contributed by atoms with Crippen LogP contribution in [0.25, 0.3) is 0 Å². The van der Waals surface area contributed by atoms with Crippen molar-refractivity contribution in [3.8, 4) is 0 Å². The van der Waals surface area contributed by atoms with Gasteiger partial charge in [0.05, 0.1) is 25.7 Å². The molecule has 19 heavy (non-hydrogen) atoms. The molecule has 0 spiro atoms.